The Morgan fingerprint density at radius 1 is 0.786 bits per heavy atom. The van der Waals surface area contributed by atoms with Crippen molar-refractivity contribution >= 4 is 10.0 Å². The van der Waals surface area contributed by atoms with Crippen LogP contribution in [0.5, 0.6) is 11.5 Å². The summed E-state index contributed by atoms with van der Waals surface area (Å²) in [5, 5.41) is 0. The van der Waals surface area contributed by atoms with Gasteiger partial charge in [-0.3, -0.25) is 0 Å². The summed E-state index contributed by atoms with van der Waals surface area (Å²) >= 11 is 0. The van der Waals surface area contributed by atoms with E-state index in [1.807, 2.05) is 19.9 Å². The molecule has 0 bridgehead atoms. The van der Waals surface area contributed by atoms with Gasteiger partial charge in [0.1, 0.15) is 0 Å². The molecule has 0 aliphatic heterocycles. The molecule has 0 amide bonds. The lowest BCUT2D eigenvalue weighted by Crippen LogP contribution is -2.29. The molecule has 0 aliphatic rings. The van der Waals surface area contributed by atoms with Gasteiger partial charge in [0, 0.05) is 0 Å². The molecule has 0 radical (unpaired) electrons. The van der Waals surface area contributed by atoms with Crippen LogP contribution in [0.25, 0.3) is 0 Å². The molecule has 154 valence electrons. The Labute approximate surface area is 169 Å². The van der Waals surface area contributed by atoms with Crippen LogP contribution in [0.15, 0.2) is 41.3 Å². The first-order chi connectivity index (χ1) is 13.1. The lowest BCUT2D eigenvalue weighted by Gasteiger charge is -2.25. The van der Waals surface area contributed by atoms with Crippen LogP contribution in [0, 0.1) is 0 Å². The molecule has 1 N–H and O–H groups in total. The van der Waals surface area contributed by atoms with Crippen LogP contribution < -0.4 is 14.5 Å². The summed E-state index contributed by atoms with van der Waals surface area (Å²) in [4.78, 5) is 7.92. The van der Waals surface area contributed by atoms with Crippen LogP contribution in [0.1, 0.15) is 76.0 Å². The average molecular weight is 406 g/mol. The minimum Gasteiger partial charge on any atom is -0.493 e. The van der Waals surface area contributed by atoms with Crippen molar-refractivity contribution in [1.82, 2.24) is 4.89 Å². The Morgan fingerprint density at radius 3 is 1.86 bits per heavy atom. The van der Waals surface area contributed by atoms with E-state index in [0.29, 0.717) is 17.4 Å². The molecule has 6 heteroatoms. The van der Waals surface area contributed by atoms with Crippen molar-refractivity contribution in [2.45, 2.75) is 64.2 Å². The number of para-hydroxylation sites is 2. The summed E-state index contributed by atoms with van der Waals surface area (Å²) in [7, 11) is -2.38. The van der Waals surface area contributed by atoms with E-state index in [1.54, 1.807) is 30.3 Å². The minimum atomic E-state index is -3.89. The Bertz CT molecular complexity index is 918. The number of benzene rings is 2. The van der Waals surface area contributed by atoms with Gasteiger partial charge in [-0.05, 0) is 57.5 Å². The van der Waals surface area contributed by atoms with E-state index < -0.39 is 10.0 Å². The first kappa shape index (κ1) is 22.2. The number of hydrogen-bond donors (Lipinski definition) is 1. The third kappa shape index (κ3) is 4.67. The molecule has 5 nitrogen and oxygen atoms in total. The zero-order valence-electron chi connectivity index (χ0n) is 17.7. The highest BCUT2D eigenvalue weighted by molar-refractivity contribution is 7.89. The topological polar surface area (TPSA) is 64.6 Å². The number of nitrogens with one attached hydrogen (secondary N) is 1. The minimum absolute atomic E-state index is 0.0499. The fourth-order valence-electron chi connectivity index (χ4n) is 3.46. The average Bonchev–Trinajstić information content (AvgIpc) is 2.65. The summed E-state index contributed by atoms with van der Waals surface area (Å²) in [6, 6.07) is 10.5. The van der Waals surface area contributed by atoms with Gasteiger partial charge in [-0.2, -0.15) is 0 Å². The summed E-state index contributed by atoms with van der Waals surface area (Å²) in [6.07, 6.45) is 0. The van der Waals surface area contributed by atoms with Gasteiger partial charge in [-0.1, -0.05) is 59.7 Å². The molecule has 2 aromatic rings. The fraction of sp³-hybridized carbons (Fsp3) is 0.455. The van der Waals surface area contributed by atoms with Gasteiger partial charge in [0.15, 0.2) is 11.5 Å². The predicted molar refractivity (Wildman–Crippen MR) is 113 cm³/mol. The van der Waals surface area contributed by atoms with E-state index in [0.717, 1.165) is 11.1 Å². The monoisotopic (exact) mass is 405 g/mol. The maximum atomic E-state index is 13.1. The number of methoxy groups -OCH3 is 1. The van der Waals surface area contributed by atoms with E-state index in [4.69, 9.17) is 9.57 Å². The maximum Gasteiger partial charge on any atom is 0.271 e. The Morgan fingerprint density at radius 2 is 1.36 bits per heavy atom. The number of hydrogen-bond acceptors (Lipinski definition) is 4. The van der Waals surface area contributed by atoms with Crippen molar-refractivity contribution in [2.24, 2.45) is 0 Å². The molecule has 0 aromatic heterocycles. The van der Waals surface area contributed by atoms with E-state index in [1.165, 1.54) is 12.7 Å². The number of sulfonamides is 1. The lowest BCUT2D eigenvalue weighted by molar-refractivity contribution is 0.253. The summed E-state index contributed by atoms with van der Waals surface area (Å²) < 4.78 is 31.4. The molecule has 0 aliphatic carbocycles. The van der Waals surface area contributed by atoms with Crippen LogP contribution in [-0.4, -0.2) is 15.5 Å². The molecule has 2 aromatic carbocycles. The van der Waals surface area contributed by atoms with Crippen molar-refractivity contribution in [1.29, 1.82) is 0 Å². The number of rotatable bonds is 8. The smallest absolute Gasteiger partial charge is 0.271 e. The van der Waals surface area contributed by atoms with Crippen molar-refractivity contribution in [3.8, 4) is 11.5 Å². The third-order valence-electron chi connectivity index (χ3n) is 4.68. The molecular weight excluding hydrogens is 374 g/mol. The second kappa shape index (κ2) is 8.97. The van der Waals surface area contributed by atoms with Crippen molar-refractivity contribution in [3.63, 3.8) is 0 Å². The summed E-state index contributed by atoms with van der Waals surface area (Å²) in [5.41, 5.74) is 3.13. The maximum absolute atomic E-state index is 13.1. The molecule has 0 unspecified atom stereocenters. The molecule has 0 heterocycles. The highest BCUT2D eigenvalue weighted by Crippen LogP contribution is 2.37. The first-order valence-electron chi connectivity index (χ1n) is 9.58. The van der Waals surface area contributed by atoms with Gasteiger partial charge in [0.25, 0.3) is 10.0 Å². The molecule has 2 rings (SSSR count). The van der Waals surface area contributed by atoms with Crippen LogP contribution in [0.3, 0.4) is 0 Å². The SMILES string of the molecule is COc1ccccc1ONS(=O)(=O)c1ccc(C(C)C)c(C(C)C)c1C(C)C. The zero-order chi connectivity index (χ0) is 21.1. The Hall–Kier alpha value is -2.05. The molecule has 0 spiro atoms. The standard InChI is InChI=1S/C22H31NO4S/c1-14(2)17-12-13-20(22(16(5)6)21(17)15(3)4)28(24,25)23-27-19-11-9-8-10-18(19)26-7/h8-16,23H,1-7H3. The quantitative estimate of drug-likeness (QED) is 0.602. The van der Waals surface area contributed by atoms with Gasteiger partial charge in [-0.15, -0.1) is 0 Å². The Kier molecular flexibility index (Phi) is 7.12. The zero-order valence-corrected chi connectivity index (χ0v) is 18.6. The van der Waals surface area contributed by atoms with Gasteiger partial charge >= 0.3 is 0 Å². The second-order valence-corrected chi connectivity index (χ2v) is 9.40. The van der Waals surface area contributed by atoms with Crippen LogP contribution in [0.2, 0.25) is 0 Å². The van der Waals surface area contributed by atoms with Crippen LogP contribution >= 0.6 is 0 Å². The van der Waals surface area contributed by atoms with Crippen LogP contribution in [-0.2, 0) is 10.0 Å². The molecule has 0 atom stereocenters. The van der Waals surface area contributed by atoms with Gasteiger partial charge in [0.05, 0.1) is 12.0 Å². The van der Waals surface area contributed by atoms with E-state index in [2.05, 4.69) is 32.6 Å². The Balaban J connectivity index is 2.51. The van der Waals surface area contributed by atoms with Crippen LogP contribution in [0.4, 0.5) is 0 Å². The highest BCUT2D eigenvalue weighted by atomic mass is 32.2. The van der Waals surface area contributed by atoms with E-state index >= 15 is 0 Å². The van der Waals surface area contributed by atoms with Crippen molar-refractivity contribution in [3.05, 3.63) is 53.1 Å². The number of ether oxygens (including phenoxy) is 1. The molecule has 0 fully saturated rings. The van der Waals surface area contributed by atoms with Gasteiger partial charge in [0.2, 0.25) is 0 Å². The van der Waals surface area contributed by atoms with Gasteiger partial charge in [-0.25, -0.2) is 8.42 Å². The van der Waals surface area contributed by atoms with Crippen molar-refractivity contribution < 1.29 is 18.0 Å². The molecule has 0 saturated heterocycles. The molecule has 28 heavy (non-hydrogen) atoms. The highest BCUT2D eigenvalue weighted by Gasteiger charge is 2.27. The molecule has 0 saturated carbocycles. The fourth-order valence-corrected chi connectivity index (χ4v) is 4.63. The second-order valence-electron chi connectivity index (χ2n) is 7.78. The van der Waals surface area contributed by atoms with Crippen molar-refractivity contribution in [2.75, 3.05) is 7.11 Å². The summed E-state index contributed by atoms with van der Waals surface area (Å²) in [6.45, 7) is 12.5. The normalized spacial score (nSPS) is 12.1. The summed E-state index contributed by atoms with van der Waals surface area (Å²) in [5.74, 6) is 1.33. The van der Waals surface area contributed by atoms with Gasteiger partial charge < -0.3 is 9.57 Å². The first-order valence-corrected chi connectivity index (χ1v) is 11.1. The largest absolute Gasteiger partial charge is 0.493 e. The lowest BCUT2D eigenvalue weighted by atomic mass is 9.83. The van der Waals surface area contributed by atoms with E-state index in [-0.39, 0.29) is 16.7 Å². The predicted octanol–water partition coefficient (Wildman–Crippen LogP) is 5.34. The van der Waals surface area contributed by atoms with E-state index in [9.17, 15) is 8.42 Å². The molecular formula is C22H31NO4S. The third-order valence-corrected chi connectivity index (χ3v) is 5.92.